The van der Waals surface area contributed by atoms with E-state index in [1.165, 1.54) is 0 Å². The Morgan fingerprint density at radius 3 is 2.56 bits per heavy atom. The monoisotopic (exact) mass is 565 g/mol. The summed E-state index contributed by atoms with van der Waals surface area (Å²) in [6.45, 7) is 1.61. The van der Waals surface area contributed by atoms with Crippen LogP contribution in [0.3, 0.4) is 0 Å². The average molecular weight is 566 g/mol. The molecule has 3 aliphatic rings. The third kappa shape index (κ3) is 3.94. The van der Waals surface area contributed by atoms with Crippen LogP contribution in [0.5, 0.6) is 5.75 Å². The molecule has 2 bridgehead atoms. The molecule has 0 spiro atoms. The summed E-state index contributed by atoms with van der Waals surface area (Å²) in [7, 11) is 0. The number of rotatable bonds is 6. The predicted molar refractivity (Wildman–Crippen MR) is 138 cm³/mol. The van der Waals surface area contributed by atoms with Crippen LogP contribution in [-0.2, 0) is 20.5 Å². The Bertz CT molecular complexity index is 1680. The van der Waals surface area contributed by atoms with Crippen LogP contribution in [0.2, 0.25) is 0 Å². The third-order valence-electron chi connectivity index (χ3n) is 8.54. The second-order valence-electron chi connectivity index (χ2n) is 10.8. The number of amides is 2. The van der Waals surface area contributed by atoms with Crippen molar-refractivity contribution in [2.24, 2.45) is 11.8 Å². The summed E-state index contributed by atoms with van der Waals surface area (Å²) < 4.78 is 52.1. The second-order valence-corrected chi connectivity index (χ2v) is 10.8. The molecular formula is C29H22F3N3O6. The van der Waals surface area contributed by atoms with Crippen molar-refractivity contribution in [3.05, 3.63) is 75.8 Å². The second kappa shape index (κ2) is 9.01. The minimum Gasteiger partial charge on any atom is -0.493 e. The van der Waals surface area contributed by atoms with E-state index >= 15 is 0 Å². The van der Waals surface area contributed by atoms with Crippen molar-refractivity contribution in [3.8, 4) is 11.8 Å². The van der Waals surface area contributed by atoms with E-state index in [0.29, 0.717) is 24.3 Å². The van der Waals surface area contributed by atoms with E-state index in [1.807, 2.05) is 12.1 Å². The first kappa shape index (κ1) is 26.7. The molecule has 3 aromatic rings. The fourth-order valence-corrected chi connectivity index (χ4v) is 6.74. The number of nitriles is 1. The first-order valence-electron chi connectivity index (χ1n) is 12.9. The Kier molecular flexibility index (Phi) is 5.87. The SMILES string of the molecule is CC12CCC(CCOc3ccc([N+](=O)[O-])c(C(F)(F)F)c3)(O1)C1C(=O)N(c3ccc4ccccc4c3C#N)C(=O)C12. The van der Waals surface area contributed by atoms with Crippen molar-refractivity contribution in [1.29, 1.82) is 5.26 Å². The standard InChI is InChI=1S/C29H22F3N3O6/c1-27-10-11-28(41-27,12-13-40-17-7-9-22(35(38)39)20(14-17)29(30,31)32)24-23(27)25(36)34(26(24)37)21-8-6-16-4-2-3-5-18(16)19(21)15-33/h2-9,14,23-24H,10-13H2,1H3. The number of hydrogen-bond donors (Lipinski definition) is 0. The van der Waals surface area contributed by atoms with Gasteiger partial charge in [0.25, 0.3) is 5.69 Å². The van der Waals surface area contributed by atoms with Crippen molar-refractivity contribution < 1.29 is 37.2 Å². The number of imide groups is 1. The van der Waals surface area contributed by atoms with Crippen molar-refractivity contribution in [3.63, 3.8) is 0 Å². The number of fused-ring (bicyclic) bond motifs is 6. The van der Waals surface area contributed by atoms with E-state index in [4.69, 9.17) is 9.47 Å². The first-order valence-corrected chi connectivity index (χ1v) is 12.9. The van der Waals surface area contributed by atoms with Crippen molar-refractivity contribution in [1.82, 2.24) is 0 Å². The molecule has 12 heteroatoms. The van der Waals surface area contributed by atoms with Crippen molar-refractivity contribution >= 4 is 34.0 Å². The molecule has 3 fully saturated rings. The highest BCUT2D eigenvalue weighted by Crippen LogP contribution is 2.62. The van der Waals surface area contributed by atoms with Crippen LogP contribution in [0.1, 0.15) is 37.3 Å². The van der Waals surface area contributed by atoms with E-state index < -0.39 is 57.2 Å². The van der Waals surface area contributed by atoms with Crippen molar-refractivity contribution in [2.75, 3.05) is 11.5 Å². The number of carbonyl (C=O) groups is 2. The summed E-state index contributed by atoms with van der Waals surface area (Å²) in [5.74, 6) is -2.83. The Morgan fingerprint density at radius 1 is 1.12 bits per heavy atom. The number of nitrogens with zero attached hydrogens (tertiary/aromatic N) is 3. The lowest BCUT2D eigenvalue weighted by molar-refractivity contribution is -0.388. The lowest BCUT2D eigenvalue weighted by Gasteiger charge is -2.31. The molecule has 0 saturated carbocycles. The van der Waals surface area contributed by atoms with Crippen LogP contribution in [0.25, 0.3) is 10.8 Å². The molecule has 210 valence electrons. The fraction of sp³-hybridized carbons (Fsp3) is 0.345. The Balaban J connectivity index is 1.28. The lowest BCUT2D eigenvalue weighted by Crippen LogP contribution is -2.43. The highest BCUT2D eigenvalue weighted by Gasteiger charge is 2.74. The Hall–Kier alpha value is -4.50. The van der Waals surface area contributed by atoms with Gasteiger partial charge in [-0.3, -0.25) is 19.7 Å². The molecule has 0 aromatic heterocycles. The minimum atomic E-state index is -4.96. The fourth-order valence-electron chi connectivity index (χ4n) is 6.74. The molecule has 3 saturated heterocycles. The van der Waals surface area contributed by atoms with Gasteiger partial charge in [-0.1, -0.05) is 30.3 Å². The van der Waals surface area contributed by atoms with Gasteiger partial charge in [-0.2, -0.15) is 18.4 Å². The van der Waals surface area contributed by atoms with Gasteiger partial charge in [0.15, 0.2) is 0 Å². The van der Waals surface area contributed by atoms with E-state index in [0.717, 1.165) is 22.4 Å². The number of halogens is 3. The molecule has 4 unspecified atom stereocenters. The zero-order valence-electron chi connectivity index (χ0n) is 21.6. The summed E-state index contributed by atoms with van der Waals surface area (Å²) in [5, 5.41) is 22.4. The van der Waals surface area contributed by atoms with E-state index in [-0.39, 0.29) is 30.0 Å². The van der Waals surface area contributed by atoms with Gasteiger partial charge in [0.1, 0.15) is 17.4 Å². The maximum atomic E-state index is 13.9. The van der Waals surface area contributed by atoms with Gasteiger partial charge in [-0.15, -0.1) is 0 Å². The summed E-state index contributed by atoms with van der Waals surface area (Å²) in [4.78, 5) is 38.7. The number of anilines is 1. The number of nitro groups is 1. The van der Waals surface area contributed by atoms with Crippen LogP contribution < -0.4 is 9.64 Å². The van der Waals surface area contributed by atoms with Gasteiger partial charge in [-0.25, -0.2) is 4.90 Å². The molecular weight excluding hydrogens is 543 g/mol. The van der Waals surface area contributed by atoms with Crippen molar-refractivity contribution in [2.45, 2.75) is 43.6 Å². The van der Waals surface area contributed by atoms with Gasteiger partial charge >= 0.3 is 6.18 Å². The van der Waals surface area contributed by atoms with Gasteiger partial charge in [0.2, 0.25) is 11.8 Å². The number of benzene rings is 3. The molecule has 0 aliphatic carbocycles. The van der Waals surface area contributed by atoms with Crippen LogP contribution in [0, 0.1) is 33.3 Å². The number of hydrogen-bond acceptors (Lipinski definition) is 7. The van der Waals surface area contributed by atoms with E-state index in [9.17, 15) is 38.1 Å². The maximum absolute atomic E-state index is 13.9. The molecule has 0 radical (unpaired) electrons. The number of carbonyl (C=O) groups excluding carboxylic acids is 2. The van der Waals surface area contributed by atoms with E-state index in [1.54, 1.807) is 31.2 Å². The molecule has 9 nitrogen and oxygen atoms in total. The summed E-state index contributed by atoms with van der Waals surface area (Å²) in [6.07, 6.45) is -3.95. The molecule has 41 heavy (non-hydrogen) atoms. The van der Waals surface area contributed by atoms with Gasteiger partial charge in [0.05, 0.1) is 45.8 Å². The molecule has 6 rings (SSSR count). The summed E-state index contributed by atoms with van der Waals surface area (Å²) in [6, 6.07) is 15.0. The Morgan fingerprint density at radius 2 is 1.85 bits per heavy atom. The van der Waals surface area contributed by atoms with Crippen LogP contribution >= 0.6 is 0 Å². The van der Waals surface area contributed by atoms with Crippen LogP contribution in [0.4, 0.5) is 24.5 Å². The quantitative estimate of drug-likeness (QED) is 0.219. The number of ether oxygens (including phenoxy) is 2. The van der Waals surface area contributed by atoms with Gasteiger partial charge < -0.3 is 9.47 Å². The molecule has 2 amide bonds. The average Bonchev–Trinajstić information content (AvgIpc) is 3.51. The summed E-state index contributed by atoms with van der Waals surface area (Å²) >= 11 is 0. The predicted octanol–water partition coefficient (Wildman–Crippen LogP) is 5.53. The zero-order chi connectivity index (χ0) is 29.3. The summed E-state index contributed by atoms with van der Waals surface area (Å²) in [5.41, 5.74) is -4.14. The topological polar surface area (TPSA) is 123 Å². The lowest BCUT2D eigenvalue weighted by atomic mass is 9.67. The Labute approximate surface area is 231 Å². The van der Waals surface area contributed by atoms with Gasteiger partial charge in [0, 0.05) is 17.9 Å². The van der Waals surface area contributed by atoms with Gasteiger partial charge in [-0.05, 0) is 43.4 Å². The normalized spacial score (nSPS) is 26.9. The highest BCUT2D eigenvalue weighted by atomic mass is 19.4. The molecule has 0 N–H and O–H groups in total. The maximum Gasteiger partial charge on any atom is 0.423 e. The van der Waals surface area contributed by atoms with Crippen LogP contribution in [0.15, 0.2) is 54.6 Å². The molecule has 3 heterocycles. The highest BCUT2D eigenvalue weighted by molar-refractivity contribution is 6.24. The smallest absolute Gasteiger partial charge is 0.423 e. The largest absolute Gasteiger partial charge is 0.493 e. The molecule has 3 aliphatic heterocycles. The number of nitro benzene ring substituents is 1. The van der Waals surface area contributed by atoms with Crippen LogP contribution in [-0.4, -0.2) is 34.5 Å². The van der Waals surface area contributed by atoms with E-state index in [2.05, 4.69) is 6.07 Å². The molecule has 4 atom stereocenters. The zero-order valence-corrected chi connectivity index (χ0v) is 21.6. The minimum absolute atomic E-state index is 0.0950. The number of alkyl halides is 3. The third-order valence-corrected chi connectivity index (χ3v) is 8.54. The first-order chi connectivity index (χ1) is 19.4. The molecule has 3 aromatic carbocycles.